The van der Waals surface area contributed by atoms with Gasteiger partial charge in [-0.2, -0.15) is 8.78 Å². The van der Waals surface area contributed by atoms with E-state index in [9.17, 15) is 8.78 Å². The molecule has 5 heteroatoms. The van der Waals surface area contributed by atoms with Crippen molar-refractivity contribution >= 4 is 15.9 Å². The lowest BCUT2D eigenvalue weighted by Gasteiger charge is -2.32. The molecule has 0 saturated heterocycles. The predicted octanol–water partition coefficient (Wildman–Crippen LogP) is 4.96. The van der Waals surface area contributed by atoms with E-state index in [0.717, 1.165) is 22.9 Å². The van der Waals surface area contributed by atoms with Crippen molar-refractivity contribution in [1.29, 1.82) is 0 Å². The molecule has 1 aliphatic rings. The van der Waals surface area contributed by atoms with Gasteiger partial charge in [0.25, 0.3) is 0 Å². The monoisotopic (exact) mass is 361 g/mol. The summed E-state index contributed by atoms with van der Waals surface area (Å²) in [6.07, 6.45) is 3.56. The first kappa shape index (κ1) is 16.7. The lowest BCUT2D eigenvalue weighted by Crippen LogP contribution is -2.36. The van der Waals surface area contributed by atoms with E-state index < -0.39 is 6.61 Å². The van der Waals surface area contributed by atoms with Gasteiger partial charge in [0.05, 0.1) is 0 Å². The summed E-state index contributed by atoms with van der Waals surface area (Å²) in [5.41, 5.74) is 0.760. The highest BCUT2D eigenvalue weighted by Crippen LogP contribution is 2.30. The first-order valence-corrected chi connectivity index (χ1v) is 8.20. The summed E-state index contributed by atoms with van der Waals surface area (Å²) in [5.74, 6) is 1.67. The number of alkyl halides is 2. The van der Waals surface area contributed by atoms with Crippen molar-refractivity contribution in [2.24, 2.45) is 11.8 Å². The molecule has 1 aliphatic carbocycles. The zero-order valence-corrected chi connectivity index (χ0v) is 14.0. The van der Waals surface area contributed by atoms with E-state index in [0.29, 0.717) is 24.4 Å². The molecule has 1 aromatic carbocycles. The van der Waals surface area contributed by atoms with Crippen LogP contribution >= 0.6 is 15.9 Å². The smallest absolute Gasteiger partial charge is 0.387 e. The first-order chi connectivity index (χ1) is 9.94. The molecule has 0 spiro atoms. The second kappa shape index (κ2) is 7.54. The molecule has 0 bridgehead atoms. The maximum atomic E-state index is 12.4. The van der Waals surface area contributed by atoms with Crippen LogP contribution in [0, 0.1) is 11.8 Å². The Hall–Kier alpha value is -0.680. The summed E-state index contributed by atoms with van der Waals surface area (Å²) in [5, 5.41) is 3.49. The van der Waals surface area contributed by atoms with Crippen molar-refractivity contribution in [1.82, 2.24) is 5.32 Å². The maximum Gasteiger partial charge on any atom is 0.387 e. The Morgan fingerprint density at radius 2 is 1.90 bits per heavy atom. The fourth-order valence-corrected chi connectivity index (χ4v) is 3.67. The van der Waals surface area contributed by atoms with Crippen LogP contribution in [0.4, 0.5) is 8.78 Å². The molecular weight excluding hydrogens is 340 g/mol. The Kier molecular flexibility index (Phi) is 5.99. The summed E-state index contributed by atoms with van der Waals surface area (Å²) in [6, 6.07) is 5.58. The molecule has 0 aromatic heterocycles. The van der Waals surface area contributed by atoms with Gasteiger partial charge in [0.1, 0.15) is 5.75 Å². The number of rotatable bonds is 5. The molecule has 2 unspecified atom stereocenters. The predicted molar refractivity (Wildman–Crippen MR) is 83.6 cm³/mol. The van der Waals surface area contributed by atoms with Crippen LogP contribution in [0.1, 0.15) is 38.7 Å². The Morgan fingerprint density at radius 1 is 1.24 bits per heavy atom. The van der Waals surface area contributed by atoms with E-state index in [4.69, 9.17) is 0 Å². The fourth-order valence-electron chi connectivity index (χ4n) is 3.27. The van der Waals surface area contributed by atoms with Gasteiger partial charge in [0.15, 0.2) is 0 Å². The summed E-state index contributed by atoms with van der Waals surface area (Å²) in [6.45, 7) is 2.30. The van der Waals surface area contributed by atoms with Crippen LogP contribution < -0.4 is 10.1 Å². The summed E-state index contributed by atoms with van der Waals surface area (Å²) in [7, 11) is 0. The largest absolute Gasteiger partial charge is 0.434 e. The summed E-state index contributed by atoms with van der Waals surface area (Å²) < 4.78 is 30.3. The lowest BCUT2D eigenvalue weighted by molar-refractivity contribution is -0.0505. The van der Waals surface area contributed by atoms with Crippen LogP contribution in [0.5, 0.6) is 5.75 Å². The number of halogens is 3. The van der Waals surface area contributed by atoms with Gasteiger partial charge < -0.3 is 10.1 Å². The van der Waals surface area contributed by atoms with E-state index in [1.165, 1.54) is 6.42 Å². The minimum absolute atomic E-state index is 0.248. The molecule has 1 saturated carbocycles. The molecule has 1 fully saturated rings. The maximum absolute atomic E-state index is 12.4. The van der Waals surface area contributed by atoms with Crippen molar-refractivity contribution in [2.45, 2.75) is 52.3 Å². The Bertz CT molecular complexity index is 460. The molecule has 0 aliphatic heterocycles. The van der Waals surface area contributed by atoms with Crippen molar-refractivity contribution in [3.05, 3.63) is 28.2 Å². The van der Waals surface area contributed by atoms with Gasteiger partial charge in [-0.3, -0.25) is 0 Å². The van der Waals surface area contributed by atoms with Crippen LogP contribution in [-0.2, 0) is 6.54 Å². The second-order valence-corrected chi connectivity index (χ2v) is 7.04. The van der Waals surface area contributed by atoms with Crippen LogP contribution in [0.3, 0.4) is 0 Å². The van der Waals surface area contributed by atoms with E-state index in [-0.39, 0.29) is 5.75 Å². The number of nitrogens with one attached hydrogen (secondary N) is 1. The van der Waals surface area contributed by atoms with Gasteiger partial charge in [0, 0.05) is 22.6 Å². The van der Waals surface area contributed by atoms with E-state index >= 15 is 0 Å². The van der Waals surface area contributed by atoms with Gasteiger partial charge >= 0.3 is 6.61 Å². The second-order valence-electron chi connectivity index (χ2n) is 6.13. The molecule has 2 rings (SSSR count). The number of hydrogen-bond donors (Lipinski definition) is 1. The molecule has 2 atom stereocenters. The molecule has 21 heavy (non-hydrogen) atoms. The topological polar surface area (TPSA) is 21.3 Å². The van der Waals surface area contributed by atoms with Crippen LogP contribution in [0.15, 0.2) is 22.7 Å². The minimum atomic E-state index is -2.79. The molecular formula is C16H22BrF2NO. The summed E-state index contributed by atoms with van der Waals surface area (Å²) in [4.78, 5) is 0. The van der Waals surface area contributed by atoms with Crippen LogP contribution in [-0.4, -0.2) is 12.7 Å². The van der Waals surface area contributed by atoms with Crippen LogP contribution in [0.25, 0.3) is 0 Å². The van der Waals surface area contributed by atoms with Gasteiger partial charge in [-0.1, -0.05) is 29.8 Å². The highest BCUT2D eigenvalue weighted by Gasteiger charge is 2.23. The average molecular weight is 362 g/mol. The Labute approximate surface area is 133 Å². The quantitative estimate of drug-likeness (QED) is 0.799. The standard InChI is InChI=1S/C16H22BrF2NO/c1-10-5-11(2)7-14(6-10)20-9-12-8-13(17)3-4-15(12)21-16(18)19/h3-4,8,10-11,14,16,20H,5-7,9H2,1-2H3. The molecule has 1 aromatic rings. The first-order valence-electron chi connectivity index (χ1n) is 7.40. The van der Waals surface area contributed by atoms with Crippen molar-refractivity contribution in [3.8, 4) is 5.75 Å². The van der Waals surface area contributed by atoms with E-state index in [1.54, 1.807) is 12.1 Å². The third kappa shape index (κ3) is 5.22. The lowest BCUT2D eigenvalue weighted by atomic mass is 9.80. The van der Waals surface area contributed by atoms with Crippen molar-refractivity contribution < 1.29 is 13.5 Å². The Morgan fingerprint density at radius 3 is 2.52 bits per heavy atom. The van der Waals surface area contributed by atoms with Gasteiger partial charge in [0.2, 0.25) is 0 Å². The van der Waals surface area contributed by atoms with Gasteiger partial charge in [-0.15, -0.1) is 0 Å². The highest BCUT2D eigenvalue weighted by molar-refractivity contribution is 9.10. The van der Waals surface area contributed by atoms with Gasteiger partial charge in [-0.05, 0) is 49.3 Å². The molecule has 0 amide bonds. The molecule has 118 valence electrons. The fraction of sp³-hybridized carbons (Fsp3) is 0.625. The van der Waals surface area contributed by atoms with Crippen molar-refractivity contribution in [3.63, 3.8) is 0 Å². The summed E-state index contributed by atoms with van der Waals surface area (Å²) >= 11 is 3.38. The molecule has 2 nitrogen and oxygen atoms in total. The number of ether oxygens (including phenoxy) is 1. The zero-order chi connectivity index (χ0) is 15.4. The van der Waals surface area contributed by atoms with E-state index in [1.807, 2.05) is 6.07 Å². The average Bonchev–Trinajstić information content (AvgIpc) is 2.37. The normalized spacial score (nSPS) is 26.1. The number of benzene rings is 1. The van der Waals surface area contributed by atoms with Gasteiger partial charge in [-0.25, -0.2) is 0 Å². The molecule has 0 heterocycles. The SMILES string of the molecule is CC1CC(C)CC(NCc2cc(Br)ccc2OC(F)F)C1. The third-order valence-corrected chi connectivity index (χ3v) is 4.49. The minimum Gasteiger partial charge on any atom is -0.434 e. The molecule has 1 N–H and O–H groups in total. The van der Waals surface area contributed by atoms with Crippen molar-refractivity contribution in [2.75, 3.05) is 0 Å². The highest BCUT2D eigenvalue weighted by atomic mass is 79.9. The Balaban J connectivity index is 2.00. The van der Waals surface area contributed by atoms with Crippen LogP contribution in [0.2, 0.25) is 0 Å². The number of hydrogen-bond acceptors (Lipinski definition) is 2. The van der Waals surface area contributed by atoms with E-state index in [2.05, 4.69) is 39.8 Å². The molecule has 0 radical (unpaired) electrons. The third-order valence-electron chi connectivity index (χ3n) is 4.00. The zero-order valence-electron chi connectivity index (χ0n) is 12.4.